The first-order valence-electron chi connectivity index (χ1n) is 3.27. The molecule has 0 fully saturated rings. The monoisotopic (exact) mass is 190 g/mol. The summed E-state index contributed by atoms with van der Waals surface area (Å²) < 4.78 is 25.1. The highest BCUT2D eigenvalue weighted by Crippen LogP contribution is 1.90. The van der Waals surface area contributed by atoms with Crippen molar-refractivity contribution in [3.63, 3.8) is 0 Å². The zero-order valence-corrected chi connectivity index (χ0v) is 7.67. The molecule has 12 heavy (non-hydrogen) atoms. The molecule has 0 spiro atoms. The van der Waals surface area contributed by atoms with E-state index in [1.807, 2.05) is 0 Å². The van der Waals surface area contributed by atoms with Crippen LogP contribution in [0.2, 0.25) is 0 Å². The second-order valence-corrected chi connectivity index (χ2v) is 4.31. The van der Waals surface area contributed by atoms with Crippen molar-refractivity contribution in [2.45, 2.75) is 6.54 Å². The fourth-order valence-electron chi connectivity index (χ4n) is 0.681. The lowest BCUT2D eigenvalue weighted by molar-refractivity contribution is 0.586. The van der Waals surface area contributed by atoms with Gasteiger partial charge in [-0.1, -0.05) is 5.21 Å². The number of hydrogen-bond acceptors (Lipinski definition) is 4. The molecule has 0 amide bonds. The van der Waals surface area contributed by atoms with Gasteiger partial charge in [0.2, 0.25) is 10.0 Å². The second kappa shape index (κ2) is 3.20. The molecule has 0 aliphatic carbocycles. The van der Waals surface area contributed by atoms with E-state index in [4.69, 9.17) is 0 Å². The van der Waals surface area contributed by atoms with Gasteiger partial charge >= 0.3 is 0 Å². The van der Waals surface area contributed by atoms with Crippen LogP contribution in [-0.4, -0.2) is 29.7 Å². The summed E-state index contributed by atoms with van der Waals surface area (Å²) in [4.78, 5) is 0. The molecule has 1 aromatic heterocycles. The van der Waals surface area contributed by atoms with Crippen molar-refractivity contribution in [1.82, 2.24) is 19.7 Å². The third kappa shape index (κ3) is 2.97. The molecule has 1 N–H and O–H groups in total. The van der Waals surface area contributed by atoms with Crippen molar-refractivity contribution in [2.24, 2.45) is 7.05 Å². The van der Waals surface area contributed by atoms with Gasteiger partial charge in [0.15, 0.2) is 0 Å². The lowest BCUT2D eigenvalue weighted by atomic mass is 10.5. The molecule has 0 unspecified atom stereocenters. The summed E-state index contributed by atoms with van der Waals surface area (Å²) in [6, 6.07) is 0. The van der Waals surface area contributed by atoms with Crippen LogP contribution in [0, 0.1) is 0 Å². The lowest BCUT2D eigenvalue weighted by Crippen LogP contribution is -2.21. The highest BCUT2D eigenvalue weighted by molar-refractivity contribution is 7.88. The van der Waals surface area contributed by atoms with E-state index in [9.17, 15) is 8.42 Å². The SMILES string of the molecule is Cn1cc(CNS(C)(=O)=O)nn1. The summed E-state index contributed by atoms with van der Waals surface area (Å²) >= 11 is 0. The van der Waals surface area contributed by atoms with Gasteiger partial charge in [-0.05, 0) is 0 Å². The van der Waals surface area contributed by atoms with Gasteiger partial charge in [-0.25, -0.2) is 13.1 Å². The van der Waals surface area contributed by atoms with Crippen LogP contribution in [-0.2, 0) is 23.6 Å². The summed E-state index contributed by atoms with van der Waals surface area (Å²) in [6.07, 6.45) is 2.75. The highest BCUT2D eigenvalue weighted by atomic mass is 32.2. The molecule has 0 saturated carbocycles. The molecular weight excluding hydrogens is 180 g/mol. The summed E-state index contributed by atoms with van der Waals surface area (Å²) in [7, 11) is -1.42. The number of rotatable bonds is 3. The number of hydrogen-bond donors (Lipinski definition) is 1. The van der Waals surface area contributed by atoms with E-state index < -0.39 is 10.0 Å². The van der Waals surface area contributed by atoms with E-state index in [1.54, 1.807) is 13.2 Å². The van der Waals surface area contributed by atoms with Crippen LogP contribution in [0.25, 0.3) is 0 Å². The Labute approximate surface area is 70.6 Å². The quantitative estimate of drug-likeness (QED) is 0.654. The Hall–Kier alpha value is -0.950. The molecule has 0 saturated heterocycles. The van der Waals surface area contributed by atoms with Crippen LogP contribution in [0.4, 0.5) is 0 Å². The maximum absolute atomic E-state index is 10.6. The number of nitrogens with one attached hydrogen (secondary N) is 1. The maximum Gasteiger partial charge on any atom is 0.209 e. The Balaban J connectivity index is 2.55. The molecule has 1 aromatic rings. The van der Waals surface area contributed by atoms with Crippen LogP contribution in [0.15, 0.2) is 6.20 Å². The standard InChI is InChI=1S/C5H10N4O2S/c1-9-4-5(7-8-9)3-6-12(2,10)11/h4,6H,3H2,1-2H3. The summed E-state index contributed by atoms with van der Waals surface area (Å²) in [6.45, 7) is 0.187. The topological polar surface area (TPSA) is 76.9 Å². The number of nitrogens with zero attached hydrogens (tertiary/aromatic N) is 3. The van der Waals surface area contributed by atoms with Gasteiger partial charge in [0.05, 0.1) is 18.5 Å². The summed E-state index contributed by atoms with van der Waals surface area (Å²) in [5, 5.41) is 7.35. The Kier molecular flexibility index (Phi) is 2.43. The van der Waals surface area contributed by atoms with Gasteiger partial charge in [-0.3, -0.25) is 4.68 Å². The van der Waals surface area contributed by atoms with E-state index in [0.29, 0.717) is 5.69 Å². The van der Waals surface area contributed by atoms with Crippen molar-refractivity contribution in [1.29, 1.82) is 0 Å². The molecular formula is C5H10N4O2S. The molecule has 0 radical (unpaired) electrons. The molecule has 0 bridgehead atoms. The number of aryl methyl sites for hydroxylation is 1. The van der Waals surface area contributed by atoms with Gasteiger partial charge in [0.1, 0.15) is 0 Å². The first-order chi connectivity index (χ1) is 5.47. The van der Waals surface area contributed by atoms with Crippen LogP contribution in [0.5, 0.6) is 0 Å². The Morgan fingerprint density at radius 2 is 2.33 bits per heavy atom. The predicted octanol–water partition coefficient (Wildman–Crippen LogP) is -1.14. The number of sulfonamides is 1. The fraction of sp³-hybridized carbons (Fsp3) is 0.600. The molecule has 1 heterocycles. The first kappa shape index (κ1) is 9.14. The molecule has 0 aromatic carbocycles. The first-order valence-corrected chi connectivity index (χ1v) is 5.16. The largest absolute Gasteiger partial charge is 0.255 e. The number of aromatic nitrogens is 3. The Bertz CT molecular complexity index is 355. The summed E-state index contributed by atoms with van der Waals surface area (Å²) in [5.41, 5.74) is 0.600. The van der Waals surface area contributed by atoms with Crippen molar-refractivity contribution in [2.75, 3.05) is 6.26 Å². The van der Waals surface area contributed by atoms with Crippen LogP contribution >= 0.6 is 0 Å². The molecule has 6 nitrogen and oxygen atoms in total. The van der Waals surface area contributed by atoms with E-state index in [1.165, 1.54) is 4.68 Å². The van der Waals surface area contributed by atoms with Gasteiger partial charge in [-0.15, -0.1) is 5.10 Å². The molecule has 7 heteroatoms. The molecule has 0 aliphatic rings. The third-order valence-corrected chi connectivity index (χ3v) is 1.83. The average molecular weight is 190 g/mol. The van der Waals surface area contributed by atoms with Gasteiger partial charge in [-0.2, -0.15) is 0 Å². The minimum Gasteiger partial charge on any atom is -0.255 e. The van der Waals surface area contributed by atoms with Crippen molar-refractivity contribution < 1.29 is 8.42 Å². The van der Waals surface area contributed by atoms with Gasteiger partial charge in [0.25, 0.3) is 0 Å². The summed E-state index contributed by atoms with van der Waals surface area (Å²) in [5.74, 6) is 0. The van der Waals surface area contributed by atoms with Gasteiger partial charge in [0, 0.05) is 13.2 Å². The predicted molar refractivity (Wildman–Crippen MR) is 42.7 cm³/mol. The zero-order chi connectivity index (χ0) is 9.19. The van der Waals surface area contributed by atoms with Crippen LogP contribution in [0.3, 0.4) is 0 Å². The third-order valence-electron chi connectivity index (χ3n) is 1.17. The maximum atomic E-state index is 10.6. The average Bonchev–Trinajstić information content (AvgIpc) is 2.30. The van der Waals surface area contributed by atoms with Crippen molar-refractivity contribution >= 4 is 10.0 Å². The van der Waals surface area contributed by atoms with Crippen LogP contribution in [0.1, 0.15) is 5.69 Å². The minimum atomic E-state index is -3.14. The molecule has 68 valence electrons. The lowest BCUT2D eigenvalue weighted by Gasteiger charge is -1.96. The fourth-order valence-corrected chi connectivity index (χ4v) is 1.09. The highest BCUT2D eigenvalue weighted by Gasteiger charge is 2.02. The van der Waals surface area contributed by atoms with Crippen LogP contribution < -0.4 is 4.72 Å². The normalized spacial score (nSPS) is 11.8. The van der Waals surface area contributed by atoms with E-state index in [-0.39, 0.29) is 6.54 Å². The zero-order valence-electron chi connectivity index (χ0n) is 6.85. The van der Waals surface area contributed by atoms with Crippen molar-refractivity contribution in [3.05, 3.63) is 11.9 Å². The molecule has 0 aliphatic heterocycles. The van der Waals surface area contributed by atoms with Gasteiger partial charge < -0.3 is 0 Å². The Morgan fingerprint density at radius 3 is 2.75 bits per heavy atom. The molecule has 0 atom stereocenters. The van der Waals surface area contributed by atoms with Crippen molar-refractivity contribution in [3.8, 4) is 0 Å². The van der Waals surface area contributed by atoms with E-state index in [0.717, 1.165) is 6.26 Å². The van der Waals surface area contributed by atoms with E-state index >= 15 is 0 Å². The van der Waals surface area contributed by atoms with E-state index in [2.05, 4.69) is 15.0 Å². The second-order valence-electron chi connectivity index (χ2n) is 2.48. The minimum absolute atomic E-state index is 0.187. The Morgan fingerprint density at radius 1 is 1.67 bits per heavy atom. The smallest absolute Gasteiger partial charge is 0.209 e. The molecule has 1 rings (SSSR count).